The minimum absolute atomic E-state index is 0.0813. The summed E-state index contributed by atoms with van der Waals surface area (Å²) < 4.78 is 6.59. The van der Waals surface area contributed by atoms with Crippen LogP contribution < -0.4 is 4.74 Å². The van der Waals surface area contributed by atoms with Gasteiger partial charge in [-0.25, -0.2) is 4.98 Å². The number of nitro benzene ring substituents is 1. The van der Waals surface area contributed by atoms with Gasteiger partial charge in [-0.15, -0.1) is 11.3 Å². The molecule has 1 aromatic heterocycles. The molecular formula is C22H16N2O3S. The third-order valence-corrected chi connectivity index (χ3v) is 5.13. The van der Waals surface area contributed by atoms with E-state index >= 15 is 0 Å². The number of non-ortho nitro benzene ring substituents is 1. The Kier molecular flexibility index (Phi) is 5.12. The zero-order valence-corrected chi connectivity index (χ0v) is 15.6. The van der Waals surface area contributed by atoms with Gasteiger partial charge >= 0.3 is 0 Å². The molecule has 4 aromatic rings. The van der Waals surface area contributed by atoms with Crippen molar-refractivity contribution in [3.05, 3.63) is 99.0 Å². The summed E-state index contributed by atoms with van der Waals surface area (Å²) in [4.78, 5) is 15.0. The molecule has 1 heterocycles. The molecule has 0 N–H and O–H groups in total. The Morgan fingerprint density at radius 2 is 1.79 bits per heavy atom. The molecule has 0 aliphatic heterocycles. The van der Waals surface area contributed by atoms with E-state index in [9.17, 15) is 10.1 Å². The molecule has 0 amide bonds. The molecular weight excluding hydrogens is 372 g/mol. The second kappa shape index (κ2) is 8.02. The van der Waals surface area contributed by atoms with E-state index in [2.05, 4.69) is 4.98 Å². The highest BCUT2D eigenvalue weighted by atomic mass is 32.1. The lowest BCUT2D eigenvalue weighted by atomic mass is 10.2. The van der Waals surface area contributed by atoms with Crippen molar-refractivity contribution in [3.8, 4) is 5.75 Å². The SMILES string of the molecule is O=[N+]([O-])c1ccc2nc(C=Cc3ccc(OCc4ccccc4)cc3)sc2c1. The molecule has 0 saturated carbocycles. The fourth-order valence-electron chi connectivity index (χ4n) is 2.70. The fraction of sp³-hybridized carbons (Fsp3) is 0.0455. The highest BCUT2D eigenvalue weighted by Crippen LogP contribution is 2.27. The third-order valence-electron chi connectivity index (χ3n) is 4.15. The van der Waals surface area contributed by atoms with E-state index in [-0.39, 0.29) is 5.69 Å². The van der Waals surface area contributed by atoms with Crippen molar-refractivity contribution in [3.63, 3.8) is 0 Å². The average Bonchev–Trinajstić information content (AvgIpc) is 3.14. The van der Waals surface area contributed by atoms with E-state index in [0.29, 0.717) is 6.61 Å². The van der Waals surface area contributed by atoms with E-state index in [1.807, 2.05) is 66.7 Å². The van der Waals surface area contributed by atoms with Gasteiger partial charge in [-0.3, -0.25) is 10.1 Å². The van der Waals surface area contributed by atoms with Crippen LogP contribution in [-0.4, -0.2) is 9.91 Å². The van der Waals surface area contributed by atoms with Gasteiger partial charge in [0.25, 0.3) is 5.69 Å². The first-order chi connectivity index (χ1) is 13.7. The predicted molar refractivity (Wildman–Crippen MR) is 112 cm³/mol. The van der Waals surface area contributed by atoms with Crippen LogP contribution >= 0.6 is 11.3 Å². The van der Waals surface area contributed by atoms with E-state index in [1.54, 1.807) is 12.1 Å². The monoisotopic (exact) mass is 388 g/mol. The number of aromatic nitrogens is 1. The predicted octanol–water partition coefficient (Wildman–Crippen LogP) is 5.95. The number of nitrogens with zero attached hydrogens (tertiary/aromatic N) is 2. The number of thiazole rings is 1. The number of benzene rings is 3. The van der Waals surface area contributed by atoms with Gasteiger partial charge in [-0.05, 0) is 35.4 Å². The van der Waals surface area contributed by atoms with E-state index in [0.717, 1.165) is 32.1 Å². The minimum Gasteiger partial charge on any atom is -0.489 e. The van der Waals surface area contributed by atoms with Gasteiger partial charge in [0.1, 0.15) is 17.4 Å². The Morgan fingerprint density at radius 3 is 2.54 bits per heavy atom. The first-order valence-electron chi connectivity index (χ1n) is 8.67. The van der Waals surface area contributed by atoms with Gasteiger partial charge in [0, 0.05) is 12.1 Å². The summed E-state index contributed by atoms with van der Waals surface area (Å²) >= 11 is 1.43. The zero-order chi connectivity index (χ0) is 19.3. The summed E-state index contributed by atoms with van der Waals surface area (Å²) in [5.74, 6) is 0.813. The Balaban J connectivity index is 1.43. The van der Waals surface area contributed by atoms with E-state index < -0.39 is 4.92 Å². The molecule has 5 nitrogen and oxygen atoms in total. The molecule has 0 fully saturated rings. The van der Waals surface area contributed by atoms with Crippen LogP contribution in [0.2, 0.25) is 0 Å². The molecule has 4 rings (SSSR count). The van der Waals surface area contributed by atoms with Crippen molar-refractivity contribution in [1.29, 1.82) is 0 Å². The van der Waals surface area contributed by atoms with Crippen LogP contribution in [0.25, 0.3) is 22.4 Å². The second-order valence-corrected chi connectivity index (χ2v) is 7.20. The first-order valence-corrected chi connectivity index (χ1v) is 9.49. The van der Waals surface area contributed by atoms with E-state index in [4.69, 9.17) is 4.74 Å². The summed E-state index contributed by atoms with van der Waals surface area (Å²) in [5, 5.41) is 11.7. The Labute approximate surface area is 165 Å². The number of nitro groups is 1. The van der Waals surface area contributed by atoms with Crippen LogP contribution in [0.4, 0.5) is 5.69 Å². The molecule has 0 aliphatic carbocycles. The quantitative estimate of drug-likeness (QED) is 0.302. The molecule has 0 bridgehead atoms. The summed E-state index contributed by atoms with van der Waals surface area (Å²) in [6, 6.07) is 22.6. The molecule has 138 valence electrons. The number of hydrogen-bond acceptors (Lipinski definition) is 5. The van der Waals surface area contributed by atoms with E-state index in [1.165, 1.54) is 17.4 Å². The Morgan fingerprint density at radius 1 is 1.00 bits per heavy atom. The lowest BCUT2D eigenvalue weighted by Gasteiger charge is -2.06. The lowest BCUT2D eigenvalue weighted by molar-refractivity contribution is -0.384. The van der Waals surface area contributed by atoms with Crippen LogP contribution in [0.5, 0.6) is 5.75 Å². The molecule has 28 heavy (non-hydrogen) atoms. The van der Waals surface area contributed by atoms with Crippen molar-refractivity contribution >= 4 is 39.4 Å². The minimum atomic E-state index is -0.393. The van der Waals surface area contributed by atoms with Gasteiger partial charge in [-0.1, -0.05) is 48.5 Å². The molecule has 3 aromatic carbocycles. The molecule has 0 unspecified atom stereocenters. The highest BCUT2D eigenvalue weighted by molar-refractivity contribution is 7.19. The van der Waals surface area contributed by atoms with Crippen LogP contribution in [0.15, 0.2) is 72.8 Å². The summed E-state index contributed by atoms with van der Waals surface area (Å²) in [6.45, 7) is 0.536. The Bertz CT molecular complexity index is 1140. The van der Waals surface area contributed by atoms with Crippen LogP contribution in [0, 0.1) is 10.1 Å². The van der Waals surface area contributed by atoms with Gasteiger partial charge in [0.15, 0.2) is 0 Å². The van der Waals surface area contributed by atoms with Gasteiger partial charge < -0.3 is 4.74 Å². The van der Waals surface area contributed by atoms with Gasteiger partial charge in [0.2, 0.25) is 0 Å². The van der Waals surface area contributed by atoms with Crippen molar-refractivity contribution in [1.82, 2.24) is 4.98 Å². The van der Waals surface area contributed by atoms with Crippen LogP contribution in [0.3, 0.4) is 0 Å². The molecule has 0 spiro atoms. The number of fused-ring (bicyclic) bond motifs is 1. The van der Waals surface area contributed by atoms with Crippen LogP contribution in [0.1, 0.15) is 16.1 Å². The largest absolute Gasteiger partial charge is 0.489 e. The maximum absolute atomic E-state index is 10.9. The number of rotatable bonds is 6. The normalized spacial score (nSPS) is 11.1. The first kappa shape index (κ1) is 17.9. The van der Waals surface area contributed by atoms with Crippen molar-refractivity contribution in [2.45, 2.75) is 6.61 Å². The number of hydrogen-bond donors (Lipinski definition) is 0. The lowest BCUT2D eigenvalue weighted by Crippen LogP contribution is -1.94. The number of ether oxygens (including phenoxy) is 1. The standard InChI is InChI=1S/C22H16N2O3S/c25-24(26)18-9-12-20-21(14-18)28-22(23-20)13-8-16-6-10-19(11-7-16)27-15-17-4-2-1-3-5-17/h1-14H,15H2. The molecule has 6 heteroatoms. The summed E-state index contributed by atoms with van der Waals surface area (Å²) in [7, 11) is 0. The van der Waals surface area contributed by atoms with Gasteiger partial charge in [-0.2, -0.15) is 0 Å². The highest BCUT2D eigenvalue weighted by Gasteiger charge is 2.09. The summed E-state index contributed by atoms with van der Waals surface area (Å²) in [5.41, 5.74) is 3.00. The maximum Gasteiger partial charge on any atom is 0.270 e. The maximum atomic E-state index is 10.9. The molecule has 0 saturated heterocycles. The van der Waals surface area contributed by atoms with Crippen molar-refractivity contribution in [2.75, 3.05) is 0 Å². The second-order valence-electron chi connectivity index (χ2n) is 6.14. The molecule has 0 radical (unpaired) electrons. The molecule has 0 aliphatic rings. The van der Waals surface area contributed by atoms with Crippen molar-refractivity contribution < 1.29 is 9.66 Å². The van der Waals surface area contributed by atoms with Crippen LogP contribution in [-0.2, 0) is 6.61 Å². The third kappa shape index (κ3) is 4.24. The smallest absolute Gasteiger partial charge is 0.270 e. The van der Waals surface area contributed by atoms with Crippen molar-refractivity contribution in [2.24, 2.45) is 0 Å². The Hall–Kier alpha value is -3.51. The average molecular weight is 388 g/mol. The fourth-order valence-corrected chi connectivity index (χ4v) is 3.60. The zero-order valence-electron chi connectivity index (χ0n) is 14.8. The summed E-state index contributed by atoms with van der Waals surface area (Å²) in [6.07, 6.45) is 3.88. The van der Waals surface area contributed by atoms with Gasteiger partial charge in [0.05, 0.1) is 15.1 Å². The topological polar surface area (TPSA) is 65.3 Å². The molecule has 0 atom stereocenters.